The molecule has 0 aromatic heterocycles. The number of allylic oxidation sites excluding steroid dienone is 1. The van der Waals surface area contributed by atoms with Gasteiger partial charge in [-0.25, -0.2) is 0 Å². The smallest absolute Gasteiger partial charge is 0.0532 e. The third kappa shape index (κ3) is 1.34. The normalized spacial score (nSPS) is 21.5. The Morgan fingerprint density at radius 1 is 1.75 bits per heavy atom. The molecule has 8 heavy (non-hydrogen) atoms. The lowest BCUT2D eigenvalue weighted by Crippen LogP contribution is -1.92. The summed E-state index contributed by atoms with van der Waals surface area (Å²) in [6.45, 7) is 5.43. The van der Waals surface area contributed by atoms with Crippen LogP contribution in [-0.4, -0.2) is 13.2 Å². The average molecular weight is 111 g/mol. The topological polar surface area (TPSA) is 9.23 Å². The molecule has 0 aromatic rings. The Hall–Kier alpha value is -0.300. The second kappa shape index (κ2) is 2.88. The lowest BCUT2D eigenvalue weighted by atomic mass is 10.1. The summed E-state index contributed by atoms with van der Waals surface area (Å²) in [7, 11) is 0. The van der Waals surface area contributed by atoms with Crippen molar-refractivity contribution in [3.05, 3.63) is 18.6 Å². The highest BCUT2D eigenvalue weighted by Crippen LogP contribution is 2.18. The zero-order chi connectivity index (χ0) is 5.82. The van der Waals surface area contributed by atoms with Crippen LogP contribution in [0.25, 0.3) is 0 Å². The molecule has 0 atom stereocenters. The molecule has 0 spiro atoms. The van der Waals surface area contributed by atoms with Crippen LogP contribution in [0.2, 0.25) is 0 Å². The van der Waals surface area contributed by atoms with Crippen molar-refractivity contribution in [3.8, 4) is 0 Å². The molecule has 0 unspecified atom stereocenters. The first-order chi connectivity index (χ1) is 3.93. The van der Waals surface area contributed by atoms with Crippen molar-refractivity contribution in [2.75, 3.05) is 13.2 Å². The molecule has 45 valence electrons. The van der Waals surface area contributed by atoms with Gasteiger partial charge in [0.1, 0.15) is 0 Å². The molecule has 0 aliphatic carbocycles. The fourth-order valence-corrected chi connectivity index (χ4v) is 0.870. The average Bonchev–Trinajstić information content (AvgIpc) is 2.19. The molecule has 1 aliphatic rings. The first-order valence-corrected chi connectivity index (χ1v) is 2.95. The van der Waals surface area contributed by atoms with Gasteiger partial charge < -0.3 is 4.74 Å². The summed E-state index contributed by atoms with van der Waals surface area (Å²) in [5.41, 5.74) is 0. The Kier molecular flexibility index (Phi) is 2.10. The van der Waals surface area contributed by atoms with Crippen LogP contribution in [0.5, 0.6) is 0 Å². The van der Waals surface area contributed by atoms with E-state index in [0.29, 0.717) is 0 Å². The number of rotatable bonds is 2. The Bertz CT molecular complexity index is 72.5. The highest BCUT2D eigenvalue weighted by molar-refractivity contribution is 4.98. The van der Waals surface area contributed by atoms with Gasteiger partial charge in [0.25, 0.3) is 0 Å². The van der Waals surface area contributed by atoms with Gasteiger partial charge in [0.2, 0.25) is 0 Å². The van der Waals surface area contributed by atoms with Crippen molar-refractivity contribution < 1.29 is 4.74 Å². The van der Waals surface area contributed by atoms with Crippen molar-refractivity contribution in [1.82, 2.24) is 0 Å². The van der Waals surface area contributed by atoms with E-state index >= 15 is 0 Å². The van der Waals surface area contributed by atoms with E-state index in [4.69, 9.17) is 4.74 Å². The van der Waals surface area contributed by atoms with Gasteiger partial charge in [-0.1, -0.05) is 6.08 Å². The summed E-state index contributed by atoms with van der Waals surface area (Å²) >= 11 is 0. The van der Waals surface area contributed by atoms with Gasteiger partial charge in [-0.3, -0.25) is 0 Å². The lowest BCUT2D eigenvalue weighted by molar-refractivity contribution is 0.200. The molecule has 0 saturated carbocycles. The molecule has 0 bridgehead atoms. The largest absolute Gasteiger partial charge is 0.381 e. The Morgan fingerprint density at radius 2 is 2.62 bits per heavy atom. The second-order valence-electron chi connectivity index (χ2n) is 2.05. The first-order valence-electron chi connectivity index (χ1n) is 2.95. The van der Waals surface area contributed by atoms with Crippen LogP contribution in [0.3, 0.4) is 0 Å². The first kappa shape index (κ1) is 5.83. The van der Waals surface area contributed by atoms with Crippen molar-refractivity contribution in [3.63, 3.8) is 0 Å². The van der Waals surface area contributed by atoms with Gasteiger partial charge in [0, 0.05) is 12.5 Å². The highest BCUT2D eigenvalue weighted by atomic mass is 16.5. The Balaban J connectivity index is 2.14. The highest BCUT2D eigenvalue weighted by Gasteiger charge is 2.13. The van der Waals surface area contributed by atoms with E-state index in [0.717, 1.165) is 26.1 Å². The third-order valence-electron chi connectivity index (χ3n) is 1.34. The molecule has 1 radical (unpaired) electrons. The minimum Gasteiger partial charge on any atom is -0.381 e. The summed E-state index contributed by atoms with van der Waals surface area (Å²) in [6, 6.07) is 0. The van der Waals surface area contributed by atoms with Crippen LogP contribution in [0.4, 0.5) is 0 Å². The summed E-state index contributed by atoms with van der Waals surface area (Å²) in [6.07, 6.45) is 4.12. The van der Waals surface area contributed by atoms with Crippen LogP contribution in [0.15, 0.2) is 12.7 Å². The van der Waals surface area contributed by atoms with Crippen LogP contribution < -0.4 is 0 Å². The van der Waals surface area contributed by atoms with E-state index in [-0.39, 0.29) is 0 Å². The standard InChI is InChI=1S/C7H11O/c1-2-3-7-4-5-8-6-7/h2H,1,3-6H2. The minimum absolute atomic E-state index is 0.867. The quantitative estimate of drug-likeness (QED) is 0.491. The van der Waals surface area contributed by atoms with E-state index in [1.54, 1.807) is 0 Å². The molecular formula is C7H11O. The van der Waals surface area contributed by atoms with Crippen LogP contribution >= 0.6 is 0 Å². The third-order valence-corrected chi connectivity index (χ3v) is 1.34. The molecule has 0 aromatic carbocycles. The molecule has 1 saturated heterocycles. The zero-order valence-electron chi connectivity index (χ0n) is 5.02. The van der Waals surface area contributed by atoms with E-state index in [2.05, 4.69) is 6.58 Å². The maximum Gasteiger partial charge on any atom is 0.0532 e. The monoisotopic (exact) mass is 111 g/mol. The zero-order valence-corrected chi connectivity index (χ0v) is 5.02. The summed E-state index contributed by atoms with van der Waals surface area (Å²) in [5.74, 6) is 1.49. The second-order valence-corrected chi connectivity index (χ2v) is 2.05. The van der Waals surface area contributed by atoms with Gasteiger partial charge in [-0.2, -0.15) is 0 Å². The van der Waals surface area contributed by atoms with E-state index in [1.807, 2.05) is 6.08 Å². The predicted molar refractivity (Wildman–Crippen MR) is 33.5 cm³/mol. The molecule has 1 rings (SSSR count). The number of ether oxygens (including phenoxy) is 1. The van der Waals surface area contributed by atoms with Crippen molar-refractivity contribution in [2.24, 2.45) is 0 Å². The van der Waals surface area contributed by atoms with Gasteiger partial charge in [0.15, 0.2) is 0 Å². The molecule has 1 fully saturated rings. The van der Waals surface area contributed by atoms with Crippen molar-refractivity contribution >= 4 is 0 Å². The van der Waals surface area contributed by atoms with Crippen molar-refractivity contribution in [1.29, 1.82) is 0 Å². The molecule has 0 amide bonds. The maximum absolute atomic E-state index is 5.12. The SMILES string of the molecule is C=CC[C]1CCOC1. The minimum atomic E-state index is 0.867. The molecule has 1 heteroatoms. The van der Waals surface area contributed by atoms with E-state index in [1.165, 1.54) is 5.92 Å². The summed E-state index contributed by atoms with van der Waals surface area (Å²) in [5, 5.41) is 0. The lowest BCUT2D eigenvalue weighted by Gasteiger charge is -1.97. The molecule has 1 aliphatic heterocycles. The number of hydrogen-bond donors (Lipinski definition) is 0. The van der Waals surface area contributed by atoms with Crippen LogP contribution in [0, 0.1) is 5.92 Å². The van der Waals surface area contributed by atoms with E-state index < -0.39 is 0 Å². The van der Waals surface area contributed by atoms with Crippen molar-refractivity contribution in [2.45, 2.75) is 12.8 Å². The maximum atomic E-state index is 5.12. The fourth-order valence-electron chi connectivity index (χ4n) is 0.870. The van der Waals surface area contributed by atoms with E-state index in [9.17, 15) is 0 Å². The summed E-state index contributed by atoms with van der Waals surface area (Å²) < 4.78 is 5.12. The Labute approximate surface area is 50.3 Å². The molecule has 1 heterocycles. The fraction of sp³-hybridized carbons (Fsp3) is 0.571. The van der Waals surface area contributed by atoms with Crippen LogP contribution in [0.1, 0.15) is 12.8 Å². The van der Waals surface area contributed by atoms with Gasteiger partial charge >= 0.3 is 0 Å². The predicted octanol–water partition coefficient (Wildman–Crippen LogP) is 1.56. The van der Waals surface area contributed by atoms with Gasteiger partial charge in [-0.05, 0) is 12.8 Å². The Morgan fingerprint density at radius 3 is 3.12 bits per heavy atom. The molecular weight excluding hydrogens is 100 g/mol. The number of hydrogen-bond acceptors (Lipinski definition) is 1. The molecule has 1 nitrogen and oxygen atoms in total. The molecule has 0 N–H and O–H groups in total. The van der Waals surface area contributed by atoms with Gasteiger partial charge in [0.05, 0.1) is 6.61 Å². The van der Waals surface area contributed by atoms with Gasteiger partial charge in [-0.15, -0.1) is 6.58 Å². The summed E-state index contributed by atoms with van der Waals surface area (Å²) in [4.78, 5) is 0. The van der Waals surface area contributed by atoms with Crippen LogP contribution in [-0.2, 0) is 4.74 Å².